The van der Waals surface area contributed by atoms with Crippen molar-refractivity contribution in [1.82, 2.24) is 10.6 Å². The van der Waals surface area contributed by atoms with Crippen LogP contribution < -0.4 is 10.6 Å². The average molecular weight is 264 g/mol. The predicted octanol–water partition coefficient (Wildman–Crippen LogP) is 1.42. The highest BCUT2D eigenvalue weighted by molar-refractivity contribution is 7.98. The molecule has 5 heteroatoms. The Morgan fingerprint density at radius 3 is 2.94 bits per heavy atom. The van der Waals surface area contributed by atoms with Crippen molar-refractivity contribution in [3.05, 3.63) is 29.8 Å². The Balaban J connectivity index is 2.09. The van der Waals surface area contributed by atoms with E-state index in [4.69, 9.17) is 0 Å². The maximum atomic E-state index is 12.1. The fourth-order valence-electron chi connectivity index (χ4n) is 1.98. The number of rotatable bonds is 3. The smallest absolute Gasteiger partial charge is 0.253 e. The molecule has 1 aliphatic heterocycles. The van der Waals surface area contributed by atoms with Crippen molar-refractivity contribution < 1.29 is 9.59 Å². The third-order valence-corrected chi connectivity index (χ3v) is 3.74. The van der Waals surface area contributed by atoms with Crippen LogP contribution in [0.3, 0.4) is 0 Å². The predicted molar refractivity (Wildman–Crippen MR) is 71.7 cm³/mol. The Morgan fingerprint density at radius 2 is 2.22 bits per heavy atom. The van der Waals surface area contributed by atoms with Crippen molar-refractivity contribution in [2.75, 3.05) is 12.8 Å². The molecule has 0 spiro atoms. The number of carbonyl (C=O) groups excluding carboxylic acids is 2. The Hall–Kier alpha value is -1.49. The summed E-state index contributed by atoms with van der Waals surface area (Å²) in [6, 6.07) is 7.01. The van der Waals surface area contributed by atoms with Gasteiger partial charge in [0, 0.05) is 11.4 Å². The first-order valence-electron chi connectivity index (χ1n) is 5.94. The molecule has 1 fully saturated rings. The fourth-order valence-corrected chi connectivity index (χ4v) is 2.57. The molecule has 2 amide bonds. The van der Waals surface area contributed by atoms with Gasteiger partial charge in [-0.15, -0.1) is 11.8 Å². The molecule has 0 aliphatic carbocycles. The molecule has 0 radical (unpaired) electrons. The lowest BCUT2D eigenvalue weighted by molar-refractivity contribution is -0.124. The first kappa shape index (κ1) is 13.0. The van der Waals surface area contributed by atoms with Gasteiger partial charge in [-0.3, -0.25) is 9.59 Å². The van der Waals surface area contributed by atoms with Gasteiger partial charge < -0.3 is 10.6 Å². The van der Waals surface area contributed by atoms with Crippen LogP contribution in [0, 0.1) is 0 Å². The van der Waals surface area contributed by atoms with E-state index in [1.165, 1.54) is 11.8 Å². The molecule has 2 rings (SSSR count). The number of hydrogen-bond acceptors (Lipinski definition) is 3. The molecule has 2 N–H and O–H groups in total. The molecule has 96 valence electrons. The van der Waals surface area contributed by atoms with E-state index in [9.17, 15) is 9.59 Å². The summed E-state index contributed by atoms with van der Waals surface area (Å²) in [5.74, 6) is -0.266. The van der Waals surface area contributed by atoms with Crippen LogP contribution in [0.4, 0.5) is 0 Å². The number of thioether (sulfide) groups is 1. The molecule has 1 aromatic rings. The number of nitrogens with one attached hydrogen (secondary N) is 2. The summed E-state index contributed by atoms with van der Waals surface area (Å²) in [7, 11) is 0. The van der Waals surface area contributed by atoms with E-state index in [1.54, 1.807) is 6.07 Å². The van der Waals surface area contributed by atoms with Crippen molar-refractivity contribution in [3.63, 3.8) is 0 Å². The molecule has 1 heterocycles. The average Bonchev–Trinajstić information content (AvgIpc) is 2.41. The fraction of sp³-hybridized carbons (Fsp3) is 0.385. The van der Waals surface area contributed by atoms with Gasteiger partial charge in [0.05, 0.1) is 5.56 Å². The summed E-state index contributed by atoms with van der Waals surface area (Å²) < 4.78 is 0. The minimum absolute atomic E-state index is 0.0868. The zero-order valence-corrected chi connectivity index (χ0v) is 11.0. The van der Waals surface area contributed by atoms with Gasteiger partial charge in [0.2, 0.25) is 5.91 Å². The maximum absolute atomic E-state index is 12.1. The minimum atomic E-state index is -0.402. The Morgan fingerprint density at radius 1 is 1.44 bits per heavy atom. The van der Waals surface area contributed by atoms with Crippen LogP contribution in [0.15, 0.2) is 29.2 Å². The molecular formula is C13H16N2O2S. The lowest BCUT2D eigenvalue weighted by atomic mass is 10.1. The van der Waals surface area contributed by atoms with E-state index in [-0.39, 0.29) is 11.8 Å². The third kappa shape index (κ3) is 2.85. The minimum Gasteiger partial charge on any atom is -0.354 e. The van der Waals surface area contributed by atoms with Crippen molar-refractivity contribution in [2.45, 2.75) is 23.8 Å². The standard InChI is InChI=1S/C13H16N2O2S/c1-18-11-7-3-2-5-9(11)12(16)15-10-6-4-8-14-13(10)17/h2-3,5,7,10H,4,6,8H2,1H3,(H,14,17)(H,15,16)/t10-/m1/s1. The molecule has 18 heavy (non-hydrogen) atoms. The topological polar surface area (TPSA) is 58.2 Å². The van der Waals surface area contributed by atoms with Gasteiger partial charge in [-0.1, -0.05) is 12.1 Å². The van der Waals surface area contributed by atoms with E-state index < -0.39 is 6.04 Å². The summed E-state index contributed by atoms with van der Waals surface area (Å²) in [5.41, 5.74) is 0.628. The maximum Gasteiger partial charge on any atom is 0.253 e. The van der Waals surface area contributed by atoms with Crippen molar-refractivity contribution in [2.24, 2.45) is 0 Å². The summed E-state index contributed by atoms with van der Waals surface area (Å²) in [4.78, 5) is 24.6. The van der Waals surface area contributed by atoms with Gasteiger partial charge in [0.25, 0.3) is 5.91 Å². The van der Waals surface area contributed by atoms with Crippen molar-refractivity contribution >= 4 is 23.6 Å². The number of amides is 2. The molecule has 1 aliphatic rings. The molecule has 0 aromatic heterocycles. The Kier molecular flexibility index (Phi) is 4.25. The molecular weight excluding hydrogens is 248 g/mol. The van der Waals surface area contributed by atoms with E-state index in [1.807, 2.05) is 24.5 Å². The van der Waals surface area contributed by atoms with Crippen LogP contribution in [-0.4, -0.2) is 30.7 Å². The zero-order valence-electron chi connectivity index (χ0n) is 10.2. The van der Waals surface area contributed by atoms with Gasteiger partial charge in [0.1, 0.15) is 6.04 Å². The van der Waals surface area contributed by atoms with Crippen molar-refractivity contribution in [3.8, 4) is 0 Å². The van der Waals surface area contributed by atoms with Crippen LogP contribution in [0.25, 0.3) is 0 Å². The van der Waals surface area contributed by atoms with Crippen LogP contribution in [0.2, 0.25) is 0 Å². The lowest BCUT2D eigenvalue weighted by Gasteiger charge is -2.23. The van der Waals surface area contributed by atoms with Gasteiger partial charge in [0.15, 0.2) is 0 Å². The van der Waals surface area contributed by atoms with Crippen LogP contribution >= 0.6 is 11.8 Å². The largest absolute Gasteiger partial charge is 0.354 e. The number of benzene rings is 1. The van der Waals surface area contributed by atoms with E-state index in [0.717, 1.165) is 11.3 Å². The lowest BCUT2D eigenvalue weighted by Crippen LogP contribution is -2.50. The highest BCUT2D eigenvalue weighted by atomic mass is 32.2. The van der Waals surface area contributed by atoms with Gasteiger partial charge >= 0.3 is 0 Å². The highest BCUT2D eigenvalue weighted by Gasteiger charge is 2.24. The number of piperidine rings is 1. The van der Waals surface area contributed by atoms with Crippen LogP contribution in [-0.2, 0) is 4.79 Å². The number of hydrogen-bond donors (Lipinski definition) is 2. The molecule has 1 aromatic carbocycles. The Labute approximate surface area is 111 Å². The second kappa shape index (κ2) is 5.91. The van der Waals surface area contributed by atoms with Crippen LogP contribution in [0.1, 0.15) is 23.2 Å². The summed E-state index contributed by atoms with van der Waals surface area (Å²) in [5, 5.41) is 5.55. The quantitative estimate of drug-likeness (QED) is 0.812. The van der Waals surface area contributed by atoms with Crippen molar-refractivity contribution in [1.29, 1.82) is 0 Å². The van der Waals surface area contributed by atoms with Gasteiger partial charge in [-0.25, -0.2) is 0 Å². The van der Waals surface area contributed by atoms with Gasteiger partial charge in [-0.05, 0) is 31.2 Å². The van der Waals surface area contributed by atoms with E-state index in [2.05, 4.69) is 10.6 Å². The summed E-state index contributed by atoms with van der Waals surface area (Å²) >= 11 is 1.53. The summed E-state index contributed by atoms with van der Waals surface area (Å²) in [6.45, 7) is 0.701. The molecule has 1 saturated heterocycles. The van der Waals surface area contributed by atoms with Gasteiger partial charge in [-0.2, -0.15) is 0 Å². The molecule has 1 atom stereocenters. The SMILES string of the molecule is CSc1ccccc1C(=O)N[C@@H]1CCCNC1=O. The first-order chi connectivity index (χ1) is 8.72. The number of carbonyl (C=O) groups is 2. The second-order valence-corrected chi connectivity index (χ2v) is 5.01. The molecule has 0 saturated carbocycles. The zero-order chi connectivity index (χ0) is 13.0. The van der Waals surface area contributed by atoms with Crippen LogP contribution in [0.5, 0.6) is 0 Å². The Bertz CT molecular complexity index is 462. The van der Waals surface area contributed by atoms with E-state index >= 15 is 0 Å². The molecule has 4 nitrogen and oxygen atoms in total. The second-order valence-electron chi connectivity index (χ2n) is 4.16. The normalized spacial score (nSPS) is 19.2. The molecule has 0 unspecified atom stereocenters. The highest BCUT2D eigenvalue weighted by Crippen LogP contribution is 2.20. The first-order valence-corrected chi connectivity index (χ1v) is 7.16. The molecule has 0 bridgehead atoms. The third-order valence-electron chi connectivity index (χ3n) is 2.94. The summed E-state index contributed by atoms with van der Waals surface area (Å²) in [6.07, 6.45) is 3.54. The van der Waals surface area contributed by atoms with E-state index in [0.29, 0.717) is 18.5 Å². The monoisotopic (exact) mass is 264 g/mol.